The van der Waals surface area contributed by atoms with Gasteiger partial charge in [0, 0.05) is 42.1 Å². The first-order valence-electron chi connectivity index (χ1n) is 13.1. The molecule has 10 heteroatoms. The van der Waals surface area contributed by atoms with Gasteiger partial charge in [0.05, 0.1) is 31.5 Å². The Hall–Kier alpha value is -3.79. The Morgan fingerprint density at radius 3 is 2.70 bits per heavy atom. The summed E-state index contributed by atoms with van der Waals surface area (Å²) >= 11 is 0. The Bertz CT molecular complexity index is 1250. The molecule has 6 rings (SSSR count). The van der Waals surface area contributed by atoms with Crippen molar-refractivity contribution in [2.75, 3.05) is 41.4 Å². The van der Waals surface area contributed by atoms with Crippen molar-refractivity contribution < 1.29 is 9.53 Å². The highest BCUT2D eigenvalue weighted by Gasteiger charge is 2.29. The number of aromatic nitrogens is 4. The normalized spacial score (nSPS) is 19.6. The highest BCUT2D eigenvalue weighted by Crippen LogP contribution is 2.32. The fourth-order valence-corrected chi connectivity index (χ4v) is 5.09. The van der Waals surface area contributed by atoms with Gasteiger partial charge in [0.1, 0.15) is 18.0 Å². The van der Waals surface area contributed by atoms with Crippen molar-refractivity contribution in [2.45, 2.75) is 51.2 Å². The van der Waals surface area contributed by atoms with Crippen LogP contribution in [0.25, 0.3) is 11.4 Å². The summed E-state index contributed by atoms with van der Waals surface area (Å²) in [6.07, 6.45) is 7.49. The van der Waals surface area contributed by atoms with E-state index in [-0.39, 0.29) is 12.1 Å². The molecule has 1 saturated carbocycles. The van der Waals surface area contributed by atoms with E-state index >= 15 is 0 Å². The zero-order valence-electron chi connectivity index (χ0n) is 21.1. The van der Waals surface area contributed by atoms with Gasteiger partial charge in [-0.25, -0.2) is 24.7 Å². The van der Waals surface area contributed by atoms with Gasteiger partial charge in [0.2, 0.25) is 0 Å². The summed E-state index contributed by atoms with van der Waals surface area (Å²) in [6.45, 7) is 5.87. The molecule has 37 heavy (non-hydrogen) atoms. The number of urea groups is 1. The molecule has 1 atom stereocenters. The highest BCUT2D eigenvalue weighted by atomic mass is 16.5. The minimum atomic E-state index is -0.157. The maximum atomic E-state index is 12.3. The van der Waals surface area contributed by atoms with Crippen LogP contribution in [0, 0.1) is 0 Å². The Balaban J connectivity index is 1.29. The molecule has 0 radical (unpaired) electrons. The molecule has 1 saturated heterocycles. The molecule has 1 aliphatic carbocycles. The van der Waals surface area contributed by atoms with Crippen LogP contribution < -0.4 is 20.4 Å². The minimum absolute atomic E-state index is 0.157. The predicted molar refractivity (Wildman–Crippen MR) is 142 cm³/mol. The van der Waals surface area contributed by atoms with E-state index in [1.54, 1.807) is 12.5 Å². The fraction of sp³-hybridized carbons (Fsp3) is 0.444. The van der Waals surface area contributed by atoms with Crippen LogP contribution >= 0.6 is 0 Å². The van der Waals surface area contributed by atoms with Crippen LogP contribution in [-0.2, 0) is 17.7 Å². The lowest BCUT2D eigenvalue weighted by molar-refractivity contribution is 0.0984. The van der Waals surface area contributed by atoms with Crippen LogP contribution in [0.2, 0.25) is 0 Å². The third-order valence-electron chi connectivity index (χ3n) is 7.41. The van der Waals surface area contributed by atoms with Gasteiger partial charge in [0.25, 0.3) is 0 Å². The number of nitrogens with one attached hydrogen (secondary N) is 2. The van der Waals surface area contributed by atoms with Gasteiger partial charge in [0.15, 0.2) is 5.82 Å². The largest absolute Gasteiger partial charge is 0.377 e. The van der Waals surface area contributed by atoms with E-state index in [9.17, 15) is 4.79 Å². The number of carbonyl (C=O) groups is 1. The van der Waals surface area contributed by atoms with E-state index in [0.717, 1.165) is 60.9 Å². The lowest BCUT2D eigenvalue weighted by Crippen LogP contribution is -2.45. The molecule has 192 valence electrons. The van der Waals surface area contributed by atoms with Gasteiger partial charge in [-0.2, -0.15) is 0 Å². The van der Waals surface area contributed by atoms with Crippen LogP contribution in [0.5, 0.6) is 0 Å². The molecule has 2 amide bonds. The van der Waals surface area contributed by atoms with Crippen molar-refractivity contribution in [1.29, 1.82) is 0 Å². The number of carbonyl (C=O) groups excluding carboxylic acids is 1. The maximum absolute atomic E-state index is 12.3. The van der Waals surface area contributed by atoms with Crippen molar-refractivity contribution >= 4 is 23.4 Å². The van der Waals surface area contributed by atoms with Gasteiger partial charge in [-0.15, -0.1) is 0 Å². The average Bonchev–Trinajstić information content (AvgIpc) is 2.91. The van der Waals surface area contributed by atoms with Crippen molar-refractivity contribution in [3.63, 3.8) is 0 Å². The van der Waals surface area contributed by atoms with Crippen molar-refractivity contribution in [1.82, 2.24) is 25.3 Å². The van der Waals surface area contributed by atoms with Gasteiger partial charge < -0.3 is 25.2 Å². The van der Waals surface area contributed by atoms with Crippen LogP contribution in [-0.4, -0.2) is 64.4 Å². The van der Waals surface area contributed by atoms with Gasteiger partial charge >= 0.3 is 6.03 Å². The fourth-order valence-electron chi connectivity index (χ4n) is 5.09. The summed E-state index contributed by atoms with van der Waals surface area (Å²) in [5.41, 5.74) is 3.88. The summed E-state index contributed by atoms with van der Waals surface area (Å²) < 4.78 is 5.70. The molecule has 10 nitrogen and oxygen atoms in total. The smallest absolute Gasteiger partial charge is 0.319 e. The molecule has 2 aromatic heterocycles. The van der Waals surface area contributed by atoms with Crippen molar-refractivity contribution in [3.05, 3.63) is 54.1 Å². The van der Waals surface area contributed by atoms with Gasteiger partial charge in [-0.05, 0) is 62.9 Å². The Labute approximate surface area is 216 Å². The zero-order valence-corrected chi connectivity index (χ0v) is 21.1. The Morgan fingerprint density at radius 2 is 1.97 bits per heavy atom. The molecule has 4 heterocycles. The Morgan fingerprint density at radius 1 is 1.11 bits per heavy atom. The number of nitrogens with zero attached hydrogens (tertiary/aromatic N) is 6. The molecule has 2 N–H and O–H groups in total. The topological polar surface area (TPSA) is 108 Å². The van der Waals surface area contributed by atoms with Crippen molar-refractivity contribution in [2.24, 2.45) is 0 Å². The van der Waals surface area contributed by atoms with Gasteiger partial charge in [-0.3, -0.25) is 0 Å². The molecular weight excluding hydrogens is 468 g/mol. The number of fused-ring (bicyclic) bond motifs is 1. The molecule has 2 aliphatic heterocycles. The van der Waals surface area contributed by atoms with Gasteiger partial charge in [-0.1, -0.05) is 0 Å². The lowest BCUT2D eigenvalue weighted by Gasteiger charge is -2.38. The highest BCUT2D eigenvalue weighted by molar-refractivity contribution is 5.89. The van der Waals surface area contributed by atoms with Crippen molar-refractivity contribution in [3.8, 4) is 11.4 Å². The number of hydrogen-bond acceptors (Lipinski definition) is 8. The summed E-state index contributed by atoms with van der Waals surface area (Å²) in [6, 6.07) is 10.1. The van der Waals surface area contributed by atoms with E-state index in [1.165, 1.54) is 12.0 Å². The number of morpholine rings is 1. The lowest BCUT2D eigenvalue weighted by atomic mass is 9.93. The second kappa shape index (κ2) is 10.3. The molecule has 2 fully saturated rings. The second-order valence-electron chi connectivity index (χ2n) is 9.96. The van der Waals surface area contributed by atoms with E-state index in [2.05, 4.69) is 37.3 Å². The average molecular weight is 501 g/mol. The number of rotatable bonds is 5. The number of anilines is 3. The van der Waals surface area contributed by atoms with Crippen LogP contribution in [0.3, 0.4) is 0 Å². The second-order valence-corrected chi connectivity index (χ2v) is 9.96. The van der Waals surface area contributed by atoms with Crippen LogP contribution in [0.4, 0.5) is 22.1 Å². The first-order chi connectivity index (χ1) is 18.1. The number of benzene rings is 1. The quantitative estimate of drug-likeness (QED) is 0.549. The minimum Gasteiger partial charge on any atom is -0.377 e. The van der Waals surface area contributed by atoms with E-state index in [4.69, 9.17) is 14.7 Å². The third-order valence-corrected chi connectivity index (χ3v) is 7.41. The van der Waals surface area contributed by atoms with Crippen LogP contribution in [0.1, 0.15) is 37.4 Å². The Kier molecular flexibility index (Phi) is 6.57. The summed E-state index contributed by atoms with van der Waals surface area (Å²) in [7, 11) is 0. The third kappa shape index (κ3) is 5.06. The SMILES string of the molecule is CC1COCCN1c1nc(-c2ccc(NC(=O)NC3CCC3)cc2)nc2c1CCN(c1ccncn1)C2. The summed E-state index contributed by atoms with van der Waals surface area (Å²) in [5, 5.41) is 5.94. The molecule has 3 aliphatic rings. The first-order valence-corrected chi connectivity index (χ1v) is 13.1. The van der Waals surface area contributed by atoms with Crippen LogP contribution in [0.15, 0.2) is 42.9 Å². The standard InChI is InChI=1S/C27H32N8O2/c1-18-16-37-14-13-35(18)26-22-10-12-34(24-9-11-28-17-29-24)15-23(22)32-25(33-26)19-5-7-21(8-6-19)31-27(36)30-20-3-2-4-20/h5-9,11,17-18,20H,2-4,10,12-16H2,1H3,(H2,30,31,36). The summed E-state index contributed by atoms with van der Waals surface area (Å²) in [5.74, 6) is 2.58. The molecule has 1 aromatic carbocycles. The molecule has 0 bridgehead atoms. The van der Waals surface area contributed by atoms with E-state index < -0.39 is 0 Å². The monoisotopic (exact) mass is 500 g/mol. The summed E-state index contributed by atoms with van der Waals surface area (Å²) in [4.78, 5) is 35.5. The molecule has 3 aromatic rings. The predicted octanol–water partition coefficient (Wildman–Crippen LogP) is 3.40. The van der Waals surface area contributed by atoms with E-state index in [0.29, 0.717) is 31.6 Å². The number of hydrogen-bond donors (Lipinski definition) is 2. The molecule has 1 unspecified atom stereocenters. The molecule has 0 spiro atoms. The molecular formula is C27H32N8O2. The maximum Gasteiger partial charge on any atom is 0.319 e. The first kappa shape index (κ1) is 23.6. The number of ether oxygens (including phenoxy) is 1. The zero-order chi connectivity index (χ0) is 25.2. The number of amides is 2. The van der Waals surface area contributed by atoms with E-state index in [1.807, 2.05) is 30.3 Å².